The van der Waals surface area contributed by atoms with Gasteiger partial charge >= 0.3 is 6.09 Å². The summed E-state index contributed by atoms with van der Waals surface area (Å²) in [6.07, 6.45) is 1.22. The molecule has 0 aromatic heterocycles. The Hall–Kier alpha value is -2.03. The molecular weight excluding hydrogens is 356 g/mol. The number of ether oxygens (including phenoxy) is 1. The molecule has 7 nitrogen and oxygen atoms in total. The molecule has 2 aliphatic heterocycles. The van der Waals surface area contributed by atoms with E-state index in [1.807, 2.05) is 20.8 Å². The molecule has 0 saturated carbocycles. The SMILES string of the molecule is CC(C)(C)OC(=O)N1CCN(C(=O)c2cccc3c2C=CS3(O)O)CC1. The monoisotopic (exact) mass is 380 g/mol. The Balaban J connectivity index is 1.68. The third kappa shape index (κ3) is 3.72. The highest BCUT2D eigenvalue weighted by Crippen LogP contribution is 2.56. The van der Waals surface area contributed by atoms with Crippen LogP contribution in [-0.2, 0) is 4.74 Å². The summed E-state index contributed by atoms with van der Waals surface area (Å²) < 4.78 is 25.4. The van der Waals surface area contributed by atoms with Gasteiger partial charge in [-0.2, -0.15) is 0 Å². The van der Waals surface area contributed by atoms with Crippen molar-refractivity contribution in [3.63, 3.8) is 0 Å². The van der Waals surface area contributed by atoms with Crippen LogP contribution < -0.4 is 0 Å². The van der Waals surface area contributed by atoms with Crippen molar-refractivity contribution in [2.24, 2.45) is 0 Å². The fraction of sp³-hybridized carbons (Fsp3) is 0.444. The lowest BCUT2D eigenvalue weighted by Crippen LogP contribution is -2.51. The summed E-state index contributed by atoms with van der Waals surface area (Å²) >= 11 is 0. The molecule has 2 amide bonds. The number of carbonyl (C=O) groups is 2. The van der Waals surface area contributed by atoms with Crippen LogP contribution in [0.3, 0.4) is 0 Å². The molecule has 0 radical (unpaired) electrons. The molecule has 1 aromatic carbocycles. The third-order valence-electron chi connectivity index (χ3n) is 4.26. The van der Waals surface area contributed by atoms with Gasteiger partial charge in [0.1, 0.15) is 5.60 Å². The Morgan fingerprint density at radius 2 is 1.69 bits per heavy atom. The van der Waals surface area contributed by atoms with Gasteiger partial charge in [-0.05, 0) is 39.0 Å². The summed E-state index contributed by atoms with van der Waals surface area (Å²) in [6, 6.07) is 4.97. The molecule has 8 heteroatoms. The van der Waals surface area contributed by atoms with E-state index < -0.39 is 16.2 Å². The fourth-order valence-corrected chi connectivity index (χ4v) is 4.24. The zero-order valence-corrected chi connectivity index (χ0v) is 16.0. The average Bonchev–Trinajstić information content (AvgIpc) is 2.88. The molecule has 0 aliphatic carbocycles. The first-order valence-electron chi connectivity index (χ1n) is 8.45. The van der Waals surface area contributed by atoms with Crippen LogP contribution in [0.4, 0.5) is 4.79 Å². The molecule has 142 valence electrons. The highest BCUT2D eigenvalue weighted by molar-refractivity contribution is 8.27. The van der Waals surface area contributed by atoms with Gasteiger partial charge in [-0.1, -0.05) is 6.07 Å². The number of nitrogens with zero attached hydrogens (tertiary/aromatic N) is 2. The van der Waals surface area contributed by atoms with Crippen molar-refractivity contribution in [3.05, 3.63) is 34.7 Å². The van der Waals surface area contributed by atoms with Crippen molar-refractivity contribution < 1.29 is 23.4 Å². The van der Waals surface area contributed by atoms with E-state index >= 15 is 0 Å². The van der Waals surface area contributed by atoms with Crippen LogP contribution in [0, 0.1) is 0 Å². The number of fused-ring (bicyclic) bond motifs is 1. The molecule has 0 unspecified atom stereocenters. The molecule has 0 atom stereocenters. The molecule has 0 bridgehead atoms. The maximum Gasteiger partial charge on any atom is 0.410 e. The lowest BCUT2D eigenvalue weighted by atomic mass is 10.1. The predicted octanol–water partition coefficient (Wildman–Crippen LogP) is 3.47. The number of carbonyl (C=O) groups excluding carboxylic acids is 2. The maximum atomic E-state index is 12.9. The van der Waals surface area contributed by atoms with E-state index in [0.717, 1.165) is 0 Å². The summed E-state index contributed by atoms with van der Waals surface area (Å²) in [4.78, 5) is 28.7. The van der Waals surface area contributed by atoms with Crippen LogP contribution in [0.5, 0.6) is 0 Å². The van der Waals surface area contributed by atoms with Gasteiger partial charge in [0.15, 0.2) is 0 Å². The average molecular weight is 380 g/mol. The van der Waals surface area contributed by atoms with E-state index in [0.29, 0.717) is 42.2 Å². The van der Waals surface area contributed by atoms with Crippen molar-refractivity contribution >= 4 is 28.7 Å². The number of hydrogen-bond donors (Lipinski definition) is 2. The standard InChI is InChI=1S/C18H24N2O5S/c1-18(2,3)25-17(22)20-10-8-19(9-11-20)16(21)14-5-4-6-15-13(14)7-12-26(15,23)24/h4-7,12,23-24H,8-11H2,1-3H3. The first kappa shape index (κ1) is 18.8. The van der Waals surface area contributed by atoms with Gasteiger partial charge < -0.3 is 14.5 Å². The Morgan fingerprint density at radius 3 is 2.31 bits per heavy atom. The molecule has 2 N–H and O–H groups in total. The minimum atomic E-state index is -2.95. The first-order valence-corrected chi connectivity index (χ1v) is 10.1. The van der Waals surface area contributed by atoms with E-state index in [2.05, 4.69) is 0 Å². The second-order valence-corrected chi connectivity index (χ2v) is 9.27. The zero-order chi connectivity index (χ0) is 19.1. The number of amides is 2. The molecule has 1 fully saturated rings. The second-order valence-electron chi connectivity index (χ2n) is 7.37. The van der Waals surface area contributed by atoms with Crippen molar-refractivity contribution in [1.82, 2.24) is 9.80 Å². The van der Waals surface area contributed by atoms with E-state index in [1.165, 1.54) is 5.41 Å². The lowest BCUT2D eigenvalue weighted by Gasteiger charge is -2.36. The van der Waals surface area contributed by atoms with Gasteiger partial charge in [-0.25, -0.2) is 4.79 Å². The summed E-state index contributed by atoms with van der Waals surface area (Å²) in [5.41, 5.74) is 0.457. The van der Waals surface area contributed by atoms with Gasteiger partial charge in [-0.3, -0.25) is 13.9 Å². The quantitative estimate of drug-likeness (QED) is 0.778. The lowest BCUT2D eigenvalue weighted by molar-refractivity contribution is 0.0141. The normalized spacial score (nSPS) is 19.9. The van der Waals surface area contributed by atoms with Gasteiger partial charge in [0.05, 0.1) is 4.90 Å². The van der Waals surface area contributed by atoms with E-state index in [-0.39, 0.29) is 12.0 Å². The maximum absolute atomic E-state index is 12.9. The van der Waals surface area contributed by atoms with Gasteiger partial charge in [0.25, 0.3) is 5.91 Å². The van der Waals surface area contributed by atoms with Gasteiger partial charge in [0, 0.05) is 42.7 Å². The molecular formula is C18H24N2O5S. The van der Waals surface area contributed by atoms with Crippen molar-refractivity contribution in [2.75, 3.05) is 26.2 Å². The first-order chi connectivity index (χ1) is 12.1. The highest BCUT2D eigenvalue weighted by atomic mass is 32.3. The number of hydrogen-bond acceptors (Lipinski definition) is 5. The molecule has 3 rings (SSSR count). The third-order valence-corrected chi connectivity index (χ3v) is 5.78. The van der Waals surface area contributed by atoms with Crippen LogP contribution in [0.15, 0.2) is 28.5 Å². The Kier molecular flexibility index (Phi) is 4.76. The summed E-state index contributed by atoms with van der Waals surface area (Å²) in [5, 5.41) is 1.34. The van der Waals surface area contributed by atoms with Crippen LogP contribution in [0.25, 0.3) is 6.08 Å². The fourth-order valence-electron chi connectivity index (χ4n) is 2.99. The van der Waals surface area contributed by atoms with E-state index in [1.54, 1.807) is 34.1 Å². The Labute approximate surface area is 154 Å². The number of piperazine rings is 1. The predicted molar refractivity (Wildman–Crippen MR) is 100 cm³/mol. The van der Waals surface area contributed by atoms with Crippen molar-refractivity contribution in [3.8, 4) is 0 Å². The number of rotatable bonds is 1. The van der Waals surface area contributed by atoms with Crippen molar-refractivity contribution in [1.29, 1.82) is 0 Å². The Bertz CT molecular complexity index is 761. The molecule has 2 heterocycles. The number of benzene rings is 1. The van der Waals surface area contributed by atoms with E-state index in [4.69, 9.17) is 4.74 Å². The molecule has 0 spiro atoms. The van der Waals surface area contributed by atoms with Crippen molar-refractivity contribution in [2.45, 2.75) is 31.3 Å². The van der Waals surface area contributed by atoms with Crippen LogP contribution in [-0.4, -0.2) is 62.7 Å². The highest BCUT2D eigenvalue weighted by Gasteiger charge is 2.31. The summed E-state index contributed by atoms with van der Waals surface area (Å²) in [5.74, 6) is -0.174. The van der Waals surface area contributed by atoms with E-state index in [9.17, 15) is 18.7 Å². The largest absolute Gasteiger partial charge is 0.444 e. The van der Waals surface area contributed by atoms with Gasteiger partial charge in [0.2, 0.25) is 0 Å². The van der Waals surface area contributed by atoms with Gasteiger partial charge in [-0.15, -0.1) is 10.6 Å². The van der Waals surface area contributed by atoms with Crippen LogP contribution in [0.2, 0.25) is 0 Å². The summed E-state index contributed by atoms with van der Waals surface area (Å²) in [7, 11) is -2.95. The molecule has 26 heavy (non-hydrogen) atoms. The minimum absolute atomic E-state index is 0.174. The molecule has 2 aliphatic rings. The topological polar surface area (TPSA) is 90.3 Å². The second kappa shape index (κ2) is 6.61. The van der Waals surface area contributed by atoms with Crippen LogP contribution in [0.1, 0.15) is 36.7 Å². The smallest absolute Gasteiger partial charge is 0.410 e. The zero-order valence-electron chi connectivity index (χ0n) is 15.1. The van der Waals surface area contributed by atoms with Crippen LogP contribution >= 0.6 is 10.6 Å². The molecule has 1 saturated heterocycles. The minimum Gasteiger partial charge on any atom is -0.444 e. The molecule has 1 aromatic rings. The summed E-state index contributed by atoms with van der Waals surface area (Å²) in [6.45, 7) is 7.07. The Morgan fingerprint density at radius 1 is 1.08 bits per heavy atom.